The van der Waals surface area contributed by atoms with Crippen LogP contribution in [0, 0.1) is 17.3 Å². The van der Waals surface area contributed by atoms with Gasteiger partial charge in [-0.15, -0.1) is 0 Å². The van der Waals surface area contributed by atoms with E-state index in [0.29, 0.717) is 17.6 Å². The molecule has 0 aliphatic heterocycles. The average molecular weight is 196 g/mol. The third-order valence-electron chi connectivity index (χ3n) is 3.47. The fourth-order valence-corrected chi connectivity index (χ4v) is 2.34. The Hall–Kier alpha value is -0.660. The number of ketones is 1. The molecule has 0 amide bonds. The van der Waals surface area contributed by atoms with Gasteiger partial charge in [0.15, 0.2) is 12.1 Å². The smallest absolute Gasteiger partial charge is 0.198 e. The minimum Gasteiger partial charge on any atom is -0.295 e. The molecule has 80 valence electrons. The number of carbonyl (C=O) groups excluding carboxylic acids is 2. The number of rotatable bonds is 2. The third kappa shape index (κ3) is 2.66. The summed E-state index contributed by atoms with van der Waals surface area (Å²) in [7, 11) is 0. The number of hydrogen-bond donors (Lipinski definition) is 0. The van der Waals surface area contributed by atoms with E-state index in [9.17, 15) is 9.59 Å². The van der Waals surface area contributed by atoms with Crippen LogP contribution in [-0.4, -0.2) is 12.1 Å². The Kier molecular flexibility index (Phi) is 3.46. The van der Waals surface area contributed by atoms with Gasteiger partial charge in [-0.2, -0.15) is 0 Å². The van der Waals surface area contributed by atoms with Crippen molar-refractivity contribution in [3.63, 3.8) is 0 Å². The predicted molar refractivity (Wildman–Crippen MR) is 56.0 cm³/mol. The molecule has 1 aliphatic rings. The Balaban J connectivity index is 2.46. The zero-order valence-electron chi connectivity index (χ0n) is 9.38. The van der Waals surface area contributed by atoms with Crippen LogP contribution < -0.4 is 0 Å². The fourth-order valence-electron chi connectivity index (χ4n) is 2.34. The molecule has 0 spiro atoms. The molecule has 0 aromatic rings. The van der Waals surface area contributed by atoms with E-state index in [-0.39, 0.29) is 11.7 Å². The summed E-state index contributed by atoms with van der Waals surface area (Å²) in [5.74, 6) is 0.529. The average Bonchev–Trinajstić information content (AvgIpc) is 2.15. The molecule has 0 bridgehead atoms. The molecule has 0 aromatic heterocycles. The molecule has 1 rings (SSSR count). The quantitative estimate of drug-likeness (QED) is 0.502. The summed E-state index contributed by atoms with van der Waals surface area (Å²) in [6.07, 6.45) is 4.47. The van der Waals surface area contributed by atoms with Crippen LogP contribution in [0.4, 0.5) is 0 Å². The number of Topliss-reactive ketones (excluding diaryl/α,β-unsaturated/α-hetero) is 1. The summed E-state index contributed by atoms with van der Waals surface area (Å²) < 4.78 is 0. The Morgan fingerprint density at radius 3 is 2.00 bits per heavy atom. The van der Waals surface area contributed by atoms with Crippen molar-refractivity contribution >= 4 is 12.1 Å². The maximum absolute atomic E-state index is 11.2. The number of aldehydes is 1. The standard InChI is InChI=1S/C12H20O2/c1-12(2,3)10-6-4-9(5-7-10)11(14)8-13/h8-10H,4-7H2,1-3H3. The summed E-state index contributed by atoms with van der Waals surface area (Å²) >= 11 is 0. The maximum Gasteiger partial charge on any atom is 0.198 e. The van der Waals surface area contributed by atoms with Crippen molar-refractivity contribution < 1.29 is 9.59 Å². The molecule has 0 unspecified atom stereocenters. The van der Waals surface area contributed by atoms with Crippen molar-refractivity contribution in [2.75, 3.05) is 0 Å². The summed E-state index contributed by atoms with van der Waals surface area (Å²) in [6.45, 7) is 6.75. The molecule has 0 saturated heterocycles. The van der Waals surface area contributed by atoms with Crippen LogP contribution in [0.1, 0.15) is 46.5 Å². The summed E-state index contributed by atoms with van der Waals surface area (Å²) in [5, 5.41) is 0. The number of carbonyl (C=O) groups is 2. The lowest BCUT2D eigenvalue weighted by Gasteiger charge is -2.36. The highest BCUT2D eigenvalue weighted by atomic mass is 16.2. The zero-order valence-corrected chi connectivity index (χ0v) is 9.38. The molecule has 2 nitrogen and oxygen atoms in total. The monoisotopic (exact) mass is 196 g/mol. The molecule has 0 heterocycles. The van der Waals surface area contributed by atoms with E-state index in [1.54, 1.807) is 0 Å². The largest absolute Gasteiger partial charge is 0.295 e. The van der Waals surface area contributed by atoms with Gasteiger partial charge in [0.1, 0.15) is 0 Å². The van der Waals surface area contributed by atoms with Crippen molar-refractivity contribution in [2.24, 2.45) is 17.3 Å². The van der Waals surface area contributed by atoms with E-state index >= 15 is 0 Å². The van der Waals surface area contributed by atoms with E-state index in [1.165, 1.54) is 0 Å². The first-order chi connectivity index (χ1) is 6.45. The molecule has 0 aromatic carbocycles. The lowest BCUT2D eigenvalue weighted by atomic mass is 9.69. The van der Waals surface area contributed by atoms with Crippen molar-refractivity contribution in [1.82, 2.24) is 0 Å². The van der Waals surface area contributed by atoms with Gasteiger partial charge < -0.3 is 0 Å². The van der Waals surface area contributed by atoms with Crippen molar-refractivity contribution in [3.05, 3.63) is 0 Å². The molecule has 14 heavy (non-hydrogen) atoms. The van der Waals surface area contributed by atoms with Gasteiger partial charge in [-0.1, -0.05) is 20.8 Å². The molecule has 0 N–H and O–H groups in total. The van der Waals surface area contributed by atoms with Crippen LogP contribution in [0.2, 0.25) is 0 Å². The van der Waals surface area contributed by atoms with Gasteiger partial charge in [0.2, 0.25) is 0 Å². The van der Waals surface area contributed by atoms with Crippen LogP contribution in [0.15, 0.2) is 0 Å². The Morgan fingerprint density at radius 1 is 1.14 bits per heavy atom. The molecule has 1 fully saturated rings. The molecule has 1 aliphatic carbocycles. The van der Waals surface area contributed by atoms with E-state index < -0.39 is 0 Å². The molecule has 0 radical (unpaired) electrons. The van der Waals surface area contributed by atoms with Crippen LogP contribution in [0.3, 0.4) is 0 Å². The molecular weight excluding hydrogens is 176 g/mol. The first-order valence-electron chi connectivity index (χ1n) is 5.44. The summed E-state index contributed by atoms with van der Waals surface area (Å²) in [5.41, 5.74) is 0.342. The van der Waals surface area contributed by atoms with Gasteiger partial charge in [0.05, 0.1) is 0 Å². The van der Waals surface area contributed by atoms with Crippen LogP contribution in [0.25, 0.3) is 0 Å². The lowest BCUT2D eigenvalue weighted by Crippen LogP contribution is -2.29. The first kappa shape index (κ1) is 11.4. The highest BCUT2D eigenvalue weighted by Crippen LogP contribution is 2.39. The predicted octanol–water partition coefficient (Wildman–Crippen LogP) is 2.61. The van der Waals surface area contributed by atoms with E-state index in [2.05, 4.69) is 20.8 Å². The maximum atomic E-state index is 11.2. The lowest BCUT2D eigenvalue weighted by molar-refractivity contribution is -0.133. The van der Waals surface area contributed by atoms with Crippen molar-refractivity contribution in [1.29, 1.82) is 0 Å². The van der Waals surface area contributed by atoms with E-state index in [1.807, 2.05) is 0 Å². The zero-order chi connectivity index (χ0) is 10.8. The second kappa shape index (κ2) is 4.24. The Labute approximate surface area is 86.1 Å². The van der Waals surface area contributed by atoms with Gasteiger partial charge in [0, 0.05) is 5.92 Å². The van der Waals surface area contributed by atoms with Crippen LogP contribution in [-0.2, 0) is 9.59 Å². The summed E-state index contributed by atoms with van der Waals surface area (Å²) in [4.78, 5) is 21.5. The normalized spacial score (nSPS) is 28.5. The molecular formula is C12H20O2. The van der Waals surface area contributed by atoms with Crippen molar-refractivity contribution in [3.8, 4) is 0 Å². The third-order valence-corrected chi connectivity index (χ3v) is 3.47. The minimum atomic E-state index is -0.197. The SMILES string of the molecule is CC(C)(C)C1CCC(C(=O)C=O)CC1. The summed E-state index contributed by atoms with van der Waals surface area (Å²) in [6, 6.07) is 0. The topological polar surface area (TPSA) is 34.1 Å². The fraction of sp³-hybridized carbons (Fsp3) is 0.833. The van der Waals surface area contributed by atoms with Gasteiger partial charge in [-0.25, -0.2) is 0 Å². The van der Waals surface area contributed by atoms with Crippen LogP contribution in [0.5, 0.6) is 0 Å². The molecule has 1 saturated carbocycles. The second-order valence-corrected chi connectivity index (χ2v) is 5.43. The Morgan fingerprint density at radius 2 is 1.64 bits per heavy atom. The number of hydrogen-bond acceptors (Lipinski definition) is 2. The van der Waals surface area contributed by atoms with Crippen molar-refractivity contribution in [2.45, 2.75) is 46.5 Å². The van der Waals surface area contributed by atoms with Gasteiger partial charge in [0.25, 0.3) is 0 Å². The minimum absolute atomic E-state index is 0.0195. The highest BCUT2D eigenvalue weighted by Gasteiger charge is 2.31. The van der Waals surface area contributed by atoms with Crippen LogP contribution >= 0.6 is 0 Å². The van der Waals surface area contributed by atoms with Gasteiger partial charge in [-0.3, -0.25) is 9.59 Å². The van der Waals surface area contributed by atoms with Gasteiger partial charge >= 0.3 is 0 Å². The highest BCUT2D eigenvalue weighted by molar-refractivity contribution is 6.25. The van der Waals surface area contributed by atoms with E-state index in [4.69, 9.17) is 0 Å². The van der Waals surface area contributed by atoms with Gasteiger partial charge in [-0.05, 0) is 37.0 Å². The molecule has 2 heteroatoms. The molecule has 0 atom stereocenters. The van der Waals surface area contributed by atoms with E-state index in [0.717, 1.165) is 25.7 Å². The second-order valence-electron chi connectivity index (χ2n) is 5.43. The Bertz CT molecular complexity index is 217. The first-order valence-corrected chi connectivity index (χ1v) is 5.44.